The number of aryl methyl sites for hydroxylation is 8. The highest BCUT2D eigenvalue weighted by Gasteiger charge is 2.24. The minimum Gasteiger partial charge on any atom is -0.0590 e. The van der Waals surface area contributed by atoms with Gasteiger partial charge in [-0.05, 0) is 233 Å². The smallest absolute Gasteiger partial charge is 0.00137 e. The molecule has 0 aliphatic heterocycles. The van der Waals surface area contributed by atoms with E-state index in [0.29, 0.717) is 0 Å². The molecule has 0 nitrogen and oxygen atoms in total. The van der Waals surface area contributed by atoms with Crippen molar-refractivity contribution in [3.8, 4) is 44.5 Å². The summed E-state index contributed by atoms with van der Waals surface area (Å²) in [5.74, 6) is 0. The molecule has 0 aromatic heterocycles. The van der Waals surface area contributed by atoms with Gasteiger partial charge in [0, 0.05) is 0 Å². The fourth-order valence-corrected chi connectivity index (χ4v) is 11.9. The van der Waals surface area contributed by atoms with E-state index in [1.807, 2.05) is 0 Å². The minimum absolute atomic E-state index is 1.27. The molecule has 314 valence electrons. The number of rotatable bonds is 4. The van der Waals surface area contributed by atoms with Crippen LogP contribution in [0.3, 0.4) is 0 Å². The van der Waals surface area contributed by atoms with Crippen molar-refractivity contribution in [2.45, 2.75) is 55.4 Å². The Morgan fingerprint density at radius 3 is 0.879 bits per heavy atom. The molecule has 0 atom stereocenters. The normalized spacial score (nSPS) is 12.2. The second kappa shape index (κ2) is 14.0. The van der Waals surface area contributed by atoms with Gasteiger partial charge >= 0.3 is 0 Å². The molecule has 0 amide bonds. The lowest BCUT2D eigenvalue weighted by atomic mass is 9.85. The summed E-state index contributed by atoms with van der Waals surface area (Å²) in [7, 11) is 0. The highest BCUT2D eigenvalue weighted by atomic mass is 14.3. The van der Waals surface area contributed by atoms with Crippen molar-refractivity contribution < 1.29 is 0 Å². The number of hydrogen-bond acceptors (Lipinski definition) is 0. The van der Waals surface area contributed by atoms with Crippen LogP contribution in [-0.2, 0) is 0 Å². The van der Waals surface area contributed by atoms with Crippen molar-refractivity contribution in [3.63, 3.8) is 0 Å². The predicted octanol–water partition coefficient (Wildman–Crippen LogP) is 18.9. The van der Waals surface area contributed by atoms with Gasteiger partial charge in [-0.15, -0.1) is 0 Å². The predicted molar refractivity (Wildman–Crippen MR) is 289 cm³/mol. The van der Waals surface area contributed by atoms with Gasteiger partial charge in [-0.1, -0.05) is 156 Å². The van der Waals surface area contributed by atoms with Crippen LogP contribution < -0.4 is 0 Å². The first-order valence-electron chi connectivity index (χ1n) is 23.6. The Kier molecular flexibility index (Phi) is 8.24. The van der Waals surface area contributed by atoms with E-state index in [4.69, 9.17) is 0 Å². The molecule has 66 heavy (non-hydrogen) atoms. The minimum atomic E-state index is 1.27. The van der Waals surface area contributed by atoms with Crippen molar-refractivity contribution in [3.05, 3.63) is 202 Å². The molecule has 13 aromatic carbocycles. The maximum absolute atomic E-state index is 2.57. The fourth-order valence-electron chi connectivity index (χ4n) is 11.9. The molecular formula is C66H50. The maximum atomic E-state index is 2.57. The second-order valence-corrected chi connectivity index (χ2v) is 19.7. The van der Waals surface area contributed by atoms with E-state index in [9.17, 15) is 0 Å². The van der Waals surface area contributed by atoms with Crippen LogP contribution >= 0.6 is 0 Å². The van der Waals surface area contributed by atoms with E-state index in [-0.39, 0.29) is 0 Å². The molecule has 0 saturated carbocycles. The lowest BCUT2D eigenvalue weighted by Crippen LogP contribution is -1.91. The molecule has 0 radical (unpaired) electrons. The molecule has 0 heterocycles. The van der Waals surface area contributed by atoms with Crippen LogP contribution in [0.2, 0.25) is 0 Å². The highest BCUT2D eigenvalue weighted by molar-refractivity contribution is 6.42. The Morgan fingerprint density at radius 1 is 0.182 bits per heavy atom. The zero-order valence-corrected chi connectivity index (χ0v) is 39.0. The van der Waals surface area contributed by atoms with E-state index >= 15 is 0 Å². The number of fused-ring (bicyclic) bond motifs is 11. The first-order valence-corrected chi connectivity index (χ1v) is 23.6. The number of benzene rings is 11. The Bertz CT molecular complexity index is 3960. The van der Waals surface area contributed by atoms with E-state index < -0.39 is 0 Å². The summed E-state index contributed by atoms with van der Waals surface area (Å²) in [4.78, 5) is 0. The average Bonchev–Trinajstić information content (AvgIpc) is 3.81. The van der Waals surface area contributed by atoms with Gasteiger partial charge in [0.2, 0.25) is 0 Å². The lowest BCUT2D eigenvalue weighted by molar-refractivity contribution is 1.39. The van der Waals surface area contributed by atoms with Gasteiger partial charge in [0.25, 0.3) is 0 Å². The van der Waals surface area contributed by atoms with E-state index in [0.717, 1.165) is 0 Å². The van der Waals surface area contributed by atoms with Crippen LogP contribution in [0.15, 0.2) is 158 Å². The summed E-state index contributed by atoms with van der Waals surface area (Å²) in [6.45, 7) is 17.9. The quantitative estimate of drug-likeness (QED) is 0.155. The molecule has 0 saturated heterocycles. The first-order chi connectivity index (χ1) is 32.0. The topological polar surface area (TPSA) is 0 Å². The lowest BCUT2D eigenvalue weighted by Gasteiger charge is -2.18. The van der Waals surface area contributed by atoms with Gasteiger partial charge in [0.1, 0.15) is 0 Å². The fraction of sp³-hybridized carbons (Fsp3) is 0.121. The molecule has 0 aliphatic carbocycles. The summed E-state index contributed by atoms with van der Waals surface area (Å²) < 4.78 is 0. The van der Waals surface area contributed by atoms with Crippen molar-refractivity contribution >= 4 is 86.2 Å². The molecule has 0 unspecified atom stereocenters. The number of hydrogen-bond donors (Lipinski definition) is 0. The van der Waals surface area contributed by atoms with Crippen LogP contribution in [0.1, 0.15) is 44.5 Å². The molecular weight excluding hydrogens is 793 g/mol. The van der Waals surface area contributed by atoms with Crippen LogP contribution in [0.25, 0.3) is 131 Å². The average molecular weight is 843 g/mol. The van der Waals surface area contributed by atoms with Crippen molar-refractivity contribution in [1.29, 1.82) is 0 Å². The first kappa shape index (κ1) is 38.9. The van der Waals surface area contributed by atoms with Gasteiger partial charge in [0.05, 0.1) is 0 Å². The molecule has 0 spiro atoms. The summed E-state index contributed by atoms with van der Waals surface area (Å²) in [6.07, 6.45) is 0. The monoisotopic (exact) mass is 842 g/mol. The SMILES string of the molecule is Cc1ccc(C)c(-c2ccc3c(c2)c2cc4c5cc6c7cc(-c8cc(C)ccc8C)ccc7c7ccc(-c8cc(C)ccc8C)c(c5ccc4c4c(-c5cc(C)ccc5C)ccc3c24)c76)c1. The molecule has 0 aliphatic rings. The summed E-state index contributed by atoms with van der Waals surface area (Å²) in [5, 5.41) is 21.2. The van der Waals surface area contributed by atoms with Crippen molar-refractivity contribution in [1.82, 2.24) is 0 Å². The van der Waals surface area contributed by atoms with Crippen LogP contribution in [0.4, 0.5) is 0 Å². The van der Waals surface area contributed by atoms with Crippen LogP contribution in [0, 0.1) is 55.4 Å². The van der Waals surface area contributed by atoms with E-state index in [1.165, 1.54) is 175 Å². The van der Waals surface area contributed by atoms with Crippen molar-refractivity contribution in [2.75, 3.05) is 0 Å². The van der Waals surface area contributed by atoms with Gasteiger partial charge in [-0.3, -0.25) is 0 Å². The highest BCUT2D eigenvalue weighted by Crippen LogP contribution is 2.52. The molecule has 13 aromatic rings. The Hall–Kier alpha value is -7.54. The van der Waals surface area contributed by atoms with Gasteiger partial charge in [-0.25, -0.2) is 0 Å². The Balaban J connectivity index is 1.24. The zero-order chi connectivity index (χ0) is 44.9. The third kappa shape index (κ3) is 5.51. The third-order valence-corrected chi connectivity index (χ3v) is 15.3. The Morgan fingerprint density at radius 2 is 0.485 bits per heavy atom. The summed E-state index contributed by atoms with van der Waals surface area (Å²) >= 11 is 0. The van der Waals surface area contributed by atoms with Crippen LogP contribution in [-0.4, -0.2) is 0 Å². The van der Waals surface area contributed by atoms with Gasteiger partial charge < -0.3 is 0 Å². The maximum Gasteiger partial charge on any atom is -0.00137 e. The molecule has 13 rings (SSSR count). The van der Waals surface area contributed by atoms with Gasteiger partial charge in [0.15, 0.2) is 0 Å². The molecule has 0 N–H and O–H groups in total. The second-order valence-electron chi connectivity index (χ2n) is 19.7. The summed E-state index contributed by atoms with van der Waals surface area (Å²) in [5.41, 5.74) is 20.7. The summed E-state index contributed by atoms with van der Waals surface area (Å²) in [6, 6.07) is 61.6. The third-order valence-electron chi connectivity index (χ3n) is 15.3. The Labute approximate surface area is 386 Å². The molecule has 0 heteroatoms. The van der Waals surface area contributed by atoms with E-state index in [2.05, 4.69) is 213 Å². The largest absolute Gasteiger partial charge is 0.0590 e. The van der Waals surface area contributed by atoms with Gasteiger partial charge in [-0.2, -0.15) is 0 Å². The zero-order valence-electron chi connectivity index (χ0n) is 39.0. The van der Waals surface area contributed by atoms with E-state index in [1.54, 1.807) is 0 Å². The van der Waals surface area contributed by atoms with Crippen molar-refractivity contribution in [2.24, 2.45) is 0 Å². The standard InChI is InChI=1S/C66H50/c1-35-9-13-39(5)53(27-35)43-17-19-45-47-21-23-49(55-29-37(3)11-15-41(55)7)63-51-25-26-52-60(59(51)33-61(65(47)63)57(45)31-43)34-62-58-32-44(54-28-36(2)10-14-40(54)6)18-20-46(58)48-22-24-50(64(52)66(48)62)56-30-38(4)12-16-42(56)8/h9-34H,1-8H3. The molecule has 0 bridgehead atoms. The van der Waals surface area contributed by atoms with Crippen LogP contribution in [0.5, 0.6) is 0 Å². The molecule has 0 fully saturated rings.